The second-order valence-electron chi connectivity index (χ2n) is 3.92. The molecule has 1 nitrogen and oxygen atoms in total. The fourth-order valence-electron chi connectivity index (χ4n) is 1.89. The number of fused-ring (bicyclic) bond motifs is 1. The molecule has 1 aliphatic heterocycles. The summed E-state index contributed by atoms with van der Waals surface area (Å²) < 4.78 is 14.8. The number of hydrogen-bond donors (Lipinski definition) is 0. The molecule has 0 N–H and O–H groups in total. The maximum absolute atomic E-state index is 8.29. The molecule has 84 valence electrons. The first-order valence-corrected chi connectivity index (χ1v) is 6.22. The lowest BCUT2D eigenvalue weighted by molar-refractivity contribution is 0.186. The lowest BCUT2D eigenvalue weighted by Crippen LogP contribution is -1.99. The van der Waals surface area contributed by atoms with E-state index in [1.165, 1.54) is 0 Å². The van der Waals surface area contributed by atoms with Crippen LogP contribution < -0.4 is 0 Å². The van der Waals surface area contributed by atoms with Crippen LogP contribution in [0, 0.1) is 0 Å². The fraction of sp³-hybridized carbons (Fsp3) is 0.0667. The zero-order chi connectivity index (χ0) is 12.5. The molecule has 0 aromatic heterocycles. The molecule has 0 saturated heterocycles. The highest BCUT2D eigenvalue weighted by atomic mass is 79.9. The summed E-state index contributed by atoms with van der Waals surface area (Å²) in [5.74, 6) is 0. The van der Waals surface area contributed by atoms with Crippen LogP contribution in [0.1, 0.15) is 13.0 Å². The predicted octanol–water partition coefficient (Wildman–Crippen LogP) is 4.74. The molecule has 2 aromatic carbocycles. The van der Waals surface area contributed by atoms with Gasteiger partial charge in [-0.1, -0.05) is 40.2 Å². The molecular weight excluding hydrogens is 276 g/mol. The summed E-state index contributed by atoms with van der Waals surface area (Å²) >= 11 is 3.45. The molecule has 0 spiro atoms. The van der Waals surface area contributed by atoms with E-state index < -0.39 is 0 Å². The quantitative estimate of drug-likeness (QED) is 0.736. The molecule has 2 aromatic rings. The molecule has 17 heavy (non-hydrogen) atoms. The third-order valence-corrected chi connectivity index (χ3v) is 3.24. The van der Waals surface area contributed by atoms with Crippen molar-refractivity contribution < 1.29 is 6.11 Å². The van der Waals surface area contributed by atoms with Crippen LogP contribution >= 0.6 is 15.9 Å². The van der Waals surface area contributed by atoms with Crippen molar-refractivity contribution in [2.24, 2.45) is 0 Å². The highest BCUT2D eigenvalue weighted by Crippen LogP contribution is 2.27. The number of hydrogen-bond acceptors (Lipinski definition) is 1. The van der Waals surface area contributed by atoms with E-state index in [1.807, 2.05) is 48.6 Å². The third kappa shape index (κ3) is 2.13. The van der Waals surface area contributed by atoms with Gasteiger partial charge in [-0.2, -0.15) is 0 Å². The Morgan fingerprint density at radius 3 is 2.82 bits per heavy atom. The van der Waals surface area contributed by atoms with Crippen molar-refractivity contribution in [1.29, 1.82) is 0 Å². The molecule has 0 bridgehead atoms. The standard InChI is InChI=1S/C15H11BrO/c16-14-7-6-11-9-13(5-4-12(11)10-14)15-3-1-2-8-17-15/h1-10,15H/i9D. The van der Waals surface area contributed by atoms with E-state index in [9.17, 15) is 0 Å². The van der Waals surface area contributed by atoms with Crippen molar-refractivity contribution in [2.45, 2.75) is 6.10 Å². The summed E-state index contributed by atoms with van der Waals surface area (Å²) in [6.07, 6.45) is 7.25. The molecule has 1 atom stereocenters. The molecule has 2 heteroatoms. The van der Waals surface area contributed by atoms with Gasteiger partial charge in [0.2, 0.25) is 0 Å². The average molecular weight is 288 g/mol. The van der Waals surface area contributed by atoms with Crippen molar-refractivity contribution in [3.63, 3.8) is 0 Å². The molecule has 1 unspecified atom stereocenters. The largest absolute Gasteiger partial charge is 0.489 e. The second-order valence-corrected chi connectivity index (χ2v) is 4.83. The van der Waals surface area contributed by atoms with Gasteiger partial charge in [-0.3, -0.25) is 0 Å². The predicted molar refractivity (Wildman–Crippen MR) is 73.8 cm³/mol. The Labute approximate surface area is 110 Å². The number of rotatable bonds is 1. The van der Waals surface area contributed by atoms with E-state index in [-0.39, 0.29) is 6.10 Å². The maximum atomic E-state index is 8.29. The lowest BCUT2D eigenvalue weighted by Gasteiger charge is -2.15. The summed E-state index contributed by atoms with van der Waals surface area (Å²) in [4.78, 5) is 0. The summed E-state index contributed by atoms with van der Waals surface area (Å²) in [6.45, 7) is 0. The molecule has 0 fully saturated rings. The highest BCUT2D eigenvalue weighted by molar-refractivity contribution is 9.10. The van der Waals surface area contributed by atoms with Gasteiger partial charge in [-0.05, 0) is 46.7 Å². The Hall–Kier alpha value is -1.54. The van der Waals surface area contributed by atoms with Crippen LogP contribution in [0.5, 0.6) is 0 Å². The summed E-state index contributed by atoms with van der Waals surface area (Å²) in [5.41, 5.74) is 0.894. The molecule has 0 aliphatic carbocycles. The first-order valence-electron chi connectivity index (χ1n) is 5.93. The minimum absolute atomic E-state index is 0.157. The van der Waals surface area contributed by atoms with Crippen molar-refractivity contribution >= 4 is 26.7 Å². The van der Waals surface area contributed by atoms with E-state index in [0.29, 0.717) is 6.04 Å². The fourth-order valence-corrected chi connectivity index (χ4v) is 2.27. The summed E-state index contributed by atoms with van der Waals surface area (Å²) in [7, 11) is 0. The zero-order valence-corrected chi connectivity index (χ0v) is 10.6. The number of allylic oxidation sites excluding steroid dienone is 2. The lowest BCUT2D eigenvalue weighted by atomic mass is 10.0. The van der Waals surface area contributed by atoms with E-state index in [0.717, 1.165) is 20.8 Å². The number of ether oxygens (including phenoxy) is 1. The minimum Gasteiger partial charge on any atom is -0.489 e. The van der Waals surface area contributed by atoms with Gasteiger partial charge in [-0.15, -0.1) is 0 Å². The Bertz CT molecular complexity index is 661. The molecule has 0 saturated carbocycles. The van der Waals surface area contributed by atoms with E-state index in [1.54, 1.807) is 6.26 Å². The molecule has 0 radical (unpaired) electrons. The monoisotopic (exact) mass is 287 g/mol. The van der Waals surface area contributed by atoms with Crippen LogP contribution in [0.25, 0.3) is 10.8 Å². The van der Waals surface area contributed by atoms with E-state index in [2.05, 4.69) is 15.9 Å². The first kappa shape index (κ1) is 9.49. The Morgan fingerprint density at radius 1 is 1.12 bits per heavy atom. The van der Waals surface area contributed by atoms with Crippen LogP contribution in [0.3, 0.4) is 0 Å². The number of halogens is 1. The van der Waals surface area contributed by atoms with Gasteiger partial charge in [0.25, 0.3) is 0 Å². The molecule has 0 amide bonds. The topological polar surface area (TPSA) is 9.23 Å². The normalized spacial score (nSPS) is 19.1. The Balaban J connectivity index is 2.14. The smallest absolute Gasteiger partial charge is 0.141 e. The maximum Gasteiger partial charge on any atom is 0.141 e. The van der Waals surface area contributed by atoms with Crippen LogP contribution in [-0.2, 0) is 4.74 Å². The van der Waals surface area contributed by atoms with Crippen molar-refractivity contribution in [2.75, 3.05) is 0 Å². The zero-order valence-electron chi connectivity index (χ0n) is 10.1. The van der Waals surface area contributed by atoms with Crippen LogP contribution in [0.15, 0.2) is 65.3 Å². The van der Waals surface area contributed by atoms with Gasteiger partial charge < -0.3 is 4.74 Å². The van der Waals surface area contributed by atoms with Crippen LogP contribution in [-0.4, -0.2) is 0 Å². The number of benzene rings is 2. The third-order valence-electron chi connectivity index (χ3n) is 2.74. The van der Waals surface area contributed by atoms with Gasteiger partial charge in [0.1, 0.15) is 6.10 Å². The van der Waals surface area contributed by atoms with E-state index >= 15 is 0 Å². The SMILES string of the molecule is [2H]c1c(C2C=CC=CO2)ccc2cc(Br)ccc12. The van der Waals surface area contributed by atoms with Crippen molar-refractivity contribution in [1.82, 2.24) is 0 Å². The molecule has 1 heterocycles. The van der Waals surface area contributed by atoms with Gasteiger partial charge in [0.15, 0.2) is 0 Å². The van der Waals surface area contributed by atoms with Crippen molar-refractivity contribution in [3.05, 3.63) is 70.9 Å². The van der Waals surface area contributed by atoms with Gasteiger partial charge in [0.05, 0.1) is 7.63 Å². The molecule has 3 rings (SSSR count). The summed E-state index contributed by atoms with van der Waals surface area (Å²) in [5, 5.41) is 2.01. The van der Waals surface area contributed by atoms with Gasteiger partial charge in [0, 0.05) is 4.47 Å². The van der Waals surface area contributed by atoms with Crippen LogP contribution in [0.2, 0.25) is 0 Å². The molecule has 1 aliphatic rings. The van der Waals surface area contributed by atoms with Crippen LogP contribution in [0.4, 0.5) is 0 Å². The molecular formula is C15H11BrO. The first-order chi connectivity index (χ1) is 8.75. The van der Waals surface area contributed by atoms with Gasteiger partial charge >= 0.3 is 0 Å². The van der Waals surface area contributed by atoms with E-state index in [4.69, 9.17) is 6.11 Å². The van der Waals surface area contributed by atoms with Gasteiger partial charge in [-0.25, -0.2) is 0 Å². The highest BCUT2D eigenvalue weighted by Gasteiger charge is 2.09. The summed E-state index contributed by atoms with van der Waals surface area (Å²) in [6, 6.07) is 10.5. The van der Waals surface area contributed by atoms with Crippen molar-refractivity contribution in [3.8, 4) is 0 Å². The minimum atomic E-state index is -0.157. The Morgan fingerprint density at radius 2 is 2.00 bits per heavy atom. The Kier molecular flexibility index (Phi) is 2.44. The second kappa shape index (κ2) is 4.38. The average Bonchev–Trinajstić information content (AvgIpc) is 2.40.